The summed E-state index contributed by atoms with van der Waals surface area (Å²) in [5.74, 6) is 0.522. The molecule has 0 saturated heterocycles. The predicted molar refractivity (Wildman–Crippen MR) is 98.7 cm³/mol. The molecule has 0 atom stereocenters. The first-order chi connectivity index (χ1) is 13.6. The lowest BCUT2D eigenvalue weighted by atomic mass is 10.2. The van der Waals surface area contributed by atoms with Crippen LogP contribution in [0.25, 0.3) is 0 Å². The molecule has 142 valence electrons. The van der Waals surface area contributed by atoms with Crippen molar-refractivity contribution >= 4 is 5.97 Å². The summed E-state index contributed by atoms with van der Waals surface area (Å²) in [6.45, 7) is -0.105. The number of aromatic nitrogens is 2. The van der Waals surface area contributed by atoms with Crippen LogP contribution >= 0.6 is 0 Å². The number of rotatable bonds is 5. The van der Waals surface area contributed by atoms with E-state index in [2.05, 4.69) is 0 Å². The average molecular weight is 380 g/mol. The van der Waals surface area contributed by atoms with E-state index in [9.17, 15) is 14.4 Å². The molecule has 0 saturated carbocycles. The number of esters is 1. The third kappa shape index (κ3) is 3.66. The van der Waals surface area contributed by atoms with Crippen LogP contribution in [-0.2, 0) is 17.9 Å². The SMILES string of the molecule is O=C(Cn1c(=O)ccn(Cc2ccccc2)c1=O)Oc1ccc2c(c1)OCO2. The summed E-state index contributed by atoms with van der Waals surface area (Å²) in [5, 5.41) is 0. The maximum absolute atomic E-state index is 12.6. The van der Waals surface area contributed by atoms with E-state index < -0.39 is 23.8 Å². The first-order valence-electron chi connectivity index (χ1n) is 8.55. The minimum atomic E-state index is -0.740. The van der Waals surface area contributed by atoms with Gasteiger partial charge >= 0.3 is 11.7 Å². The lowest BCUT2D eigenvalue weighted by Crippen LogP contribution is -2.41. The van der Waals surface area contributed by atoms with Gasteiger partial charge in [-0.15, -0.1) is 0 Å². The van der Waals surface area contributed by atoms with Crippen molar-refractivity contribution in [1.29, 1.82) is 0 Å². The number of hydrogen-bond acceptors (Lipinski definition) is 6. The van der Waals surface area contributed by atoms with E-state index in [0.29, 0.717) is 11.5 Å². The van der Waals surface area contributed by atoms with Crippen molar-refractivity contribution in [3.8, 4) is 17.2 Å². The first kappa shape index (κ1) is 17.6. The van der Waals surface area contributed by atoms with E-state index in [4.69, 9.17) is 14.2 Å². The fraction of sp³-hybridized carbons (Fsp3) is 0.150. The molecule has 0 fully saturated rings. The molecule has 3 aromatic rings. The summed E-state index contributed by atoms with van der Waals surface area (Å²) in [4.78, 5) is 37.0. The van der Waals surface area contributed by atoms with Crippen molar-refractivity contribution in [3.63, 3.8) is 0 Å². The lowest BCUT2D eigenvalue weighted by Gasteiger charge is -2.10. The van der Waals surface area contributed by atoms with E-state index in [1.807, 2.05) is 30.3 Å². The van der Waals surface area contributed by atoms with Gasteiger partial charge in [0.2, 0.25) is 6.79 Å². The summed E-state index contributed by atoms with van der Waals surface area (Å²) < 4.78 is 17.9. The third-order valence-corrected chi connectivity index (χ3v) is 4.20. The Morgan fingerprint density at radius 2 is 1.79 bits per heavy atom. The van der Waals surface area contributed by atoms with Crippen LogP contribution in [0.3, 0.4) is 0 Å². The Kier molecular flexibility index (Phi) is 4.67. The van der Waals surface area contributed by atoms with Gasteiger partial charge in [-0.2, -0.15) is 0 Å². The zero-order valence-corrected chi connectivity index (χ0v) is 14.7. The second-order valence-electron chi connectivity index (χ2n) is 6.13. The zero-order chi connectivity index (χ0) is 19.5. The Morgan fingerprint density at radius 3 is 2.61 bits per heavy atom. The monoisotopic (exact) mass is 380 g/mol. The molecule has 8 heteroatoms. The van der Waals surface area contributed by atoms with Crippen LogP contribution in [0.1, 0.15) is 5.56 Å². The number of carbonyl (C=O) groups is 1. The van der Waals surface area contributed by atoms with E-state index in [-0.39, 0.29) is 19.1 Å². The van der Waals surface area contributed by atoms with Gasteiger partial charge in [0, 0.05) is 18.3 Å². The summed E-state index contributed by atoms with van der Waals surface area (Å²) in [7, 11) is 0. The van der Waals surface area contributed by atoms with Crippen LogP contribution in [0.2, 0.25) is 0 Å². The highest BCUT2D eigenvalue weighted by atomic mass is 16.7. The number of fused-ring (bicyclic) bond motifs is 1. The largest absolute Gasteiger partial charge is 0.454 e. The van der Waals surface area contributed by atoms with E-state index in [1.54, 1.807) is 12.1 Å². The molecule has 0 unspecified atom stereocenters. The number of carbonyl (C=O) groups excluding carboxylic acids is 1. The second kappa shape index (κ2) is 7.43. The Balaban J connectivity index is 1.52. The van der Waals surface area contributed by atoms with Crippen molar-refractivity contribution in [1.82, 2.24) is 9.13 Å². The van der Waals surface area contributed by atoms with Gasteiger partial charge in [-0.05, 0) is 17.7 Å². The molecular formula is C20H16N2O6. The molecule has 8 nitrogen and oxygen atoms in total. The van der Waals surface area contributed by atoms with Gasteiger partial charge in [-0.25, -0.2) is 14.2 Å². The Labute approximate surface area is 159 Å². The zero-order valence-electron chi connectivity index (χ0n) is 14.7. The van der Waals surface area contributed by atoms with Crippen molar-refractivity contribution < 1.29 is 19.0 Å². The molecule has 0 aliphatic carbocycles. The normalized spacial score (nSPS) is 12.0. The van der Waals surface area contributed by atoms with Gasteiger partial charge in [-0.3, -0.25) is 9.36 Å². The number of hydrogen-bond donors (Lipinski definition) is 0. The van der Waals surface area contributed by atoms with E-state index >= 15 is 0 Å². The molecule has 0 N–H and O–H groups in total. The molecule has 1 aliphatic heterocycles. The molecule has 4 rings (SSSR count). The second-order valence-corrected chi connectivity index (χ2v) is 6.13. The summed E-state index contributed by atoms with van der Waals surface area (Å²) >= 11 is 0. The smallest absolute Gasteiger partial charge is 0.331 e. The first-order valence-corrected chi connectivity index (χ1v) is 8.55. The van der Waals surface area contributed by atoms with Crippen LogP contribution in [0.15, 0.2) is 70.4 Å². The molecule has 0 spiro atoms. The fourth-order valence-electron chi connectivity index (χ4n) is 2.84. The Bertz CT molecular complexity index is 1130. The van der Waals surface area contributed by atoms with Crippen LogP contribution in [-0.4, -0.2) is 21.9 Å². The van der Waals surface area contributed by atoms with Crippen molar-refractivity contribution in [2.75, 3.05) is 6.79 Å². The molecule has 1 aliphatic rings. The minimum Gasteiger partial charge on any atom is -0.454 e. The van der Waals surface area contributed by atoms with E-state index in [1.165, 1.54) is 22.9 Å². The summed E-state index contributed by atoms with van der Waals surface area (Å²) in [5.41, 5.74) is -0.256. The quantitative estimate of drug-likeness (QED) is 0.491. The van der Waals surface area contributed by atoms with Crippen molar-refractivity contribution in [3.05, 3.63) is 87.2 Å². The molecule has 0 radical (unpaired) electrons. The number of nitrogens with zero attached hydrogens (tertiary/aromatic N) is 2. The van der Waals surface area contributed by atoms with Crippen molar-refractivity contribution in [2.24, 2.45) is 0 Å². The molecule has 0 amide bonds. The lowest BCUT2D eigenvalue weighted by molar-refractivity contribution is -0.135. The maximum atomic E-state index is 12.6. The Morgan fingerprint density at radius 1 is 1.00 bits per heavy atom. The topological polar surface area (TPSA) is 88.8 Å². The van der Waals surface area contributed by atoms with Crippen LogP contribution < -0.4 is 25.5 Å². The molecule has 2 heterocycles. The van der Waals surface area contributed by atoms with Crippen LogP contribution in [0.4, 0.5) is 0 Å². The molecule has 0 bridgehead atoms. The van der Waals surface area contributed by atoms with Gasteiger partial charge in [0.05, 0.1) is 6.54 Å². The number of ether oxygens (including phenoxy) is 3. The highest BCUT2D eigenvalue weighted by molar-refractivity contribution is 5.72. The average Bonchev–Trinajstić information content (AvgIpc) is 3.16. The minimum absolute atomic E-state index is 0.104. The summed E-state index contributed by atoms with van der Waals surface area (Å²) in [6.07, 6.45) is 1.41. The van der Waals surface area contributed by atoms with Gasteiger partial charge in [0.25, 0.3) is 5.56 Å². The van der Waals surface area contributed by atoms with Gasteiger partial charge in [-0.1, -0.05) is 30.3 Å². The van der Waals surface area contributed by atoms with Gasteiger partial charge < -0.3 is 14.2 Å². The van der Waals surface area contributed by atoms with Crippen LogP contribution in [0, 0.1) is 0 Å². The standard InChI is InChI=1S/C20H16N2O6/c23-18-8-9-21(11-14-4-2-1-3-5-14)20(25)22(18)12-19(24)28-15-6-7-16-17(10-15)27-13-26-16/h1-10H,11-13H2. The molecular weight excluding hydrogens is 364 g/mol. The number of benzene rings is 2. The molecule has 2 aromatic carbocycles. The highest BCUT2D eigenvalue weighted by Gasteiger charge is 2.16. The molecule has 1 aromatic heterocycles. The summed E-state index contributed by atoms with van der Waals surface area (Å²) in [6, 6.07) is 15.3. The fourth-order valence-corrected chi connectivity index (χ4v) is 2.84. The predicted octanol–water partition coefficient (Wildman–Crippen LogP) is 1.39. The molecule has 28 heavy (non-hydrogen) atoms. The van der Waals surface area contributed by atoms with E-state index in [0.717, 1.165) is 10.1 Å². The van der Waals surface area contributed by atoms with Crippen molar-refractivity contribution in [2.45, 2.75) is 13.1 Å². The Hall–Kier alpha value is -3.81. The van der Waals surface area contributed by atoms with Crippen LogP contribution in [0.5, 0.6) is 17.2 Å². The maximum Gasteiger partial charge on any atom is 0.331 e. The highest BCUT2D eigenvalue weighted by Crippen LogP contribution is 2.35. The van der Waals surface area contributed by atoms with Gasteiger partial charge in [0.15, 0.2) is 11.5 Å². The van der Waals surface area contributed by atoms with Gasteiger partial charge in [0.1, 0.15) is 12.3 Å². The third-order valence-electron chi connectivity index (χ3n) is 4.20.